The zero-order valence-corrected chi connectivity index (χ0v) is 13.4. The van der Waals surface area contributed by atoms with Crippen molar-refractivity contribution in [3.05, 3.63) is 53.8 Å². The molecule has 0 saturated heterocycles. The fraction of sp³-hybridized carbons (Fsp3) is 0.263. The first-order chi connectivity index (χ1) is 11.5. The first kappa shape index (κ1) is 16.0. The highest BCUT2D eigenvalue weighted by atomic mass is 19.1. The predicted molar refractivity (Wildman–Crippen MR) is 90.5 cm³/mol. The number of carbonyl (C=O) groups excluding carboxylic acids is 1. The van der Waals surface area contributed by atoms with Gasteiger partial charge in [0, 0.05) is 11.3 Å². The summed E-state index contributed by atoms with van der Waals surface area (Å²) in [5, 5.41) is 14.4. The van der Waals surface area contributed by atoms with Gasteiger partial charge in [0.2, 0.25) is 0 Å². The van der Waals surface area contributed by atoms with Crippen LogP contribution in [-0.2, 0) is 4.79 Å². The standard InChI is InChI=1S/C19H18FN3O/c1-13-9-14(16-5-2-3-6-17(16)20)11-15(10-13)23-18(24)19(22-12-21)7-4-8-19/h2-3,5-6,9-11,22H,4,7-8H2,1H3,(H,23,24). The van der Waals surface area contributed by atoms with Crippen LogP contribution in [0.3, 0.4) is 0 Å². The van der Waals surface area contributed by atoms with E-state index in [2.05, 4.69) is 10.6 Å². The fourth-order valence-electron chi connectivity index (χ4n) is 3.00. The number of hydrogen-bond acceptors (Lipinski definition) is 3. The van der Waals surface area contributed by atoms with Crippen LogP contribution in [0.25, 0.3) is 11.1 Å². The summed E-state index contributed by atoms with van der Waals surface area (Å²) in [5.74, 6) is -0.526. The summed E-state index contributed by atoms with van der Waals surface area (Å²) in [7, 11) is 0. The Labute approximate surface area is 140 Å². The summed E-state index contributed by atoms with van der Waals surface area (Å²) in [6.07, 6.45) is 4.06. The Hall–Kier alpha value is -2.87. The molecule has 1 saturated carbocycles. The predicted octanol–water partition coefficient (Wildman–Crippen LogP) is 3.73. The second kappa shape index (κ2) is 6.32. The van der Waals surface area contributed by atoms with Crippen LogP contribution in [0.1, 0.15) is 24.8 Å². The Balaban J connectivity index is 1.89. The summed E-state index contributed by atoms with van der Waals surface area (Å²) in [5.41, 5.74) is 1.91. The molecule has 4 nitrogen and oxygen atoms in total. The highest BCUT2D eigenvalue weighted by Crippen LogP contribution is 2.33. The van der Waals surface area contributed by atoms with Crippen molar-refractivity contribution in [2.24, 2.45) is 0 Å². The number of amides is 1. The number of halogens is 1. The van der Waals surface area contributed by atoms with E-state index in [4.69, 9.17) is 5.26 Å². The maximum atomic E-state index is 14.0. The molecule has 0 unspecified atom stereocenters. The third kappa shape index (κ3) is 2.95. The second-order valence-corrected chi connectivity index (χ2v) is 6.19. The summed E-state index contributed by atoms with van der Waals surface area (Å²) < 4.78 is 14.0. The monoisotopic (exact) mass is 323 g/mol. The molecule has 1 aliphatic rings. The van der Waals surface area contributed by atoms with Crippen molar-refractivity contribution in [3.63, 3.8) is 0 Å². The SMILES string of the molecule is Cc1cc(NC(=O)C2(NC#N)CCC2)cc(-c2ccccc2F)c1. The van der Waals surface area contributed by atoms with E-state index in [0.717, 1.165) is 12.0 Å². The van der Waals surface area contributed by atoms with Gasteiger partial charge in [-0.2, -0.15) is 5.26 Å². The Morgan fingerprint density at radius 2 is 2.00 bits per heavy atom. The van der Waals surface area contributed by atoms with E-state index in [0.29, 0.717) is 29.7 Å². The number of carbonyl (C=O) groups is 1. The Morgan fingerprint density at radius 1 is 1.25 bits per heavy atom. The van der Waals surface area contributed by atoms with Crippen LogP contribution in [0.4, 0.5) is 10.1 Å². The van der Waals surface area contributed by atoms with Crippen LogP contribution in [0.15, 0.2) is 42.5 Å². The molecular weight excluding hydrogens is 305 g/mol. The van der Waals surface area contributed by atoms with E-state index in [9.17, 15) is 9.18 Å². The minimum absolute atomic E-state index is 0.222. The smallest absolute Gasteiger partial charge is 0.250 e. The molecule has 122 valence electrons. The van der Waals surface area contributed by atoms with Gasteiger partial charge in [0.1, 0.15) is 11.4 Å². The van der Waals surface area contributed by atoms with E-state index in [1.165, 1.54) is 6.07 Å². The fourth-order valence-corrected chi connectivity index (χ4v) is 3.00. The summed E-state index contributed by atoms with van der Waals surface area (Å²) in [6.45, 7) is 1.90. The molecule has 2 aromatic carbocycles. The molecule has 24 heavy (non-hydrogen) atoms. The largest absolute Gasteiger partial charge is 0.324 e. The van der Waals surface area contributed by atoms with E-state index in [1.807, 2.05) is 25.2 Å². The Morgan fingerprint density at radius 3 is 2.62 bits per heavy atom. The lowest BCUT2D eigenvalue weighted by atomic mass is 9.76. The van der Waals surface area contributed by atoms with Gasteiger partial charge in [-0.1, -0.05) is 24.3 Å². The second-order valence-electron chi connectivity index (χ2n) is 6.19. The Kier molecular flexibility index (Phi) is 4.22. The van der Waals surface area contributed by atoms with Crippen molar-refractivity contribution in [2.45, 2.75) is 31.7 Å². The van der Waals surface area contributed by atoms with Gasteiger partial charge in [0.25, 0.3) is 5.91 Å². The van der Waals surface area contributed by atoms with E-state index in [-0.39, 0.29) is 11.7 Å². The van der Waals surface area contributed by atoms with E-state index in [1.54, 1.807) is 24.3 Å². The van der Waals surface area contributed by atoms with Gasteiger partial charge in [-0.3, -0.25) is 4.79 Å². The summed E-state index contributed by atoms with van der Waals surface area (Å²) >= 11 is 0. The minimum Gasteiger partial charge on any atom is -0.324 e. The average molecular weight is 323 g/mol. The molecule has 1 fully saturated rings. The Bertz CT molecular complexity index is 822. The molecule has 5 heteroatoms. The lowest BCUT2D eigenvalue weighted by molar-refractivity contribution is -0.125. The van der Waals surface area contributed by atoms with E-state index >= 15 is 0 Å². The number of hydrogen-bond donors (Lipinski definition) is 2. The molecule has 0 bridgehead atoms. The van der Waals surface area contributed by atoms with Gasteiger partial charge in [0.15, 0.2) is 6.19 Å². The topological polar surface area (TPSA) is 64.9 Å². The van der Waals surface area contributed by atoms with Gasteiger partial charge in [-0.25, -0.2) is 4.39 Å². The highest BCUT2D eigenvalue weighted by Gasteiger charge is 2.44. The molecule has 0 aliphatic heterocycles. The van der Waals surface area contributed by atoms with Crippen molar-refractivity contribution in [2.75, 3.05) is 5.32 Å². The van der Waals surface area contributed by atoms with Crippen molar-refractivity contribution >= 4 is 11.6 Å². The third-order valence-corrected chi connectivity index (χ3v) is 4.46. The maximum Gasteiger partial charge on any atom is 0.250 e. The van der Waals surface area contributed by atoms with Gasteiger partial charge < -0.3 is 10.6 Å². The van der Waals surface area contributed by atoms with Crippen molar-refractivity contribution in [3.8, 4) is 17.3 Å². The molecule has 3 rings (SSSR count). The summed E-state index contributed by atoms with van der Waals surface area (Å²) in [4.78, 5) is 12.5. The van der Waals surface area contributed by atoms with Gasteiger partial charge in [-0.05, 0) is 55.5 Å². The third-order valence-electron chi connectivity index (χ3n) is 4.46. The zero-order chi connectivity index (χ0) is 17.2. The number of aryl methyl sites for hydroxylation is 1. The molecule has 0 heterocycles. The normalized spacial score (nSPS) is 15.0. The quantitative estimate of drug-likeness (QED) is 0.665. The molecular formula is C19H18FN3O. The van der Waals surface area contributed by atoms with Crippen LogP contribution >= 0.6 is 0 Å². The molecule has 2 N–H and O–H groups in total. The summed E-state index contributed by atoms with van der Waals surface area (Å²) in [6, 6.07) is 12.0. The van der Waals surface area contributed by atoms with Crippen LogP contribution in [0.5, 0.6) is 0 Å². The number of nitriles is 1. The van der Waals surface area contributed by atoms with Crippen LogP contribution in [0, 0.1) is 24.2 Å². The molecule has 0 spiro atoms. The van der Waals surface area contributed by atoms with Crippen LogP contribution in [0.2, 0.25) is 0 Å². The zero-order valence-electron chi connectivity index (χ0n) is 13.4. The number of anilines is 1. The van der Waals surface area contributed by atoms with E-state index < -0.39 is 5.54 Å². The van der Waals surface area contributed by atoms with Crippen molar-refractivity contribution in [1.29, 1.82) is 5.26 Å². The number of nitrogens with one attached hydrogen (secondary N) is 2. The maximum absolute atomic E-state index is 14.0. The van der Waals surface area contributed by atoms with Crippen LogP contribution < -0.4 is 10.6 Å². The van der Waals surface area contributed by atoms with Gasteiger partial charge in [0.05, 0.1) is 0 Å². The minimum atomic E-state index is -0.809. The average Bonchev–Trinajstić information content (AvgIpc) is 2.50. The molecule has 0 radical (unpaired) electrons. The van der Waals surface area contributed by atoms with Gasteiger partial charge >= 0.3 is 0 Å². The number of nitrogens with zero attached hydrogens (tertiary/aromatic N) is 1. The van der Waals surface area contributed by atoms with Crippen LogP contribution in [-0.4, -0.2) is 11.4 Å². The lowest BCUT2D eigenvalue weighted by Gasteiger charge is -2.38. The number of rotatable bonds is 4. The molecule has 0 atom stereocenters. The molecule has 1 amide bonds. The first-order valence-corrected chi connectivity index (χ1v) is 7.88. The first-order valence-electron chi connectivity index (χ1n) is 7.88. The van der Waals surface area contributed by atoms with Gasteiger partial charge in [-0.15, -0.1) is 0 Å². The van der Waals surface area contributed by atoms with Crippen molar-refractivity contribution < 1.29 is 9.18 Å². The molecule has 0 aromatic heterocycles. The highest BCUT2D eigenvalue weighted by molar-refractivity contribution is 5.99. The molecule has 2 aromatic rings. The van der Waals surface area contributed by atoms with Crippen molar-refractivity contribution in [1.82, 2.24) is 5.32 Å². The molecule has 1 aliphatic carbocycles. The lowest BCUT2D eigenvalue weighted by Crippen LogP contribution is -2.57. The number of benzene rings is 2.